The minimum atomic E-state index is -0.279. The monoisotopic (exact) mass is 287 g/mol. The van der Waals surface area contributed by atoms with Gasteiger partial charge < -0.3 is 15.4 Å². The summed E-state index contributed by atoms with van der Waals surface area (Å²) in [6.45, 7) is 0.185. The number of carbonyl (C=O) groups excluding carboxylic acids is 2. The Morgan fingerprint density at radius 1 is 1.24 bits per heavy atom. The highest BCUT2D eigenvalue weighted by Crippen LogP contribution is 2.18. The van der Waals surface area contributed by atoms with E-state index in [2.05, 4.69) is 10.6 Å². The average Bonchev–Trinajstić information content (AvgIpc) is 3.29. The van der Waals surface area contributed by atoms with E-state index in [0.717, 1.165) is 12.8 Å². The molecule has 1 aromatic carbocycles. The summed E-state index contributed by atoms with van der Waals surface area (Å²) in [5.74, 6) is 0.208. The number of benzene rings is 1. The van der Waals surface area contributed by atoms with Crippen molar-refractivity contribution < 1.29 is 14.3 Å². The quantitative estimate of drug-likeness (QED) is 0.773. The molecule has 21 heavy (non-hydrogen) atoms. The van der Waals surface area contributed by atoms with Crippen molar-refractivity contribution in [2.24, 2.45) is 0 Å². The molecule has 2 amide bonds. The van der Waals surface area contributed by atoms with Crippen LogP contribution in [0.5, 0.6) is 5.75 Å². The molecule has 1 saturated carbocycles. The molecule has 110 valence electrons. The number of carbonyl (C=O) groups is 2. The van der Waals surface area contributed by atoms with Crippen LogP contribution in [0.3, 0.4) is 0 Å². The van der Waals surface area contributed by atoms with Crippen LogP contribution < -0.4 is 15.4 Å². The molecule has 1 aliphatic rings. The van der Waals surface area contributed by atoms with Crippen LogP contribution in [0.25, 0.3) is 0 Å². The summed E-state index contributed by atoms with van der Waals surface area (Å²) in [5.41, 5.74) is 0.536. The van der Waals surface area contributed by atoms with E-state index in [-0.39, 0.29) is 24.8 Å². The Labute approximate surface area is 123 Å². The molecule has 0 radical (unpaired) electrons. The highest BCUT2D eigenvalue weighted by Gasteiger charge is 2.22. The molecule has 0 aliphatic heterocycles. The SMILES string of the molecule is N#Cc1ccc(OCC(=O)NCCC(=O)NC2CC2)cc1. The third-order valence-electron chi connectivity index (χ3n) is 2.97. The molecule has 0 unspecified atom stereocenters. The molecule has 0 heterocycles. The van der Waals surface area contributed by atoms with E-state index in [1.165, 1.54) is 0 Å². The summed E-state index contributed by atoms with van der Waals surface area (Å²) in [4.78, 5) is 22.9. The second kappa shape index (κ2) is 7.29. The Kier molecular flexibility index (Phi) is 5.16. The number of nitrogens with zero attached hydrogens (tertiary/aromatic N) is 1. The highest BCUT2D eigenvalue weighted by molar-refractivity contribution is 5.80. The molecule has 2 N–H and O–H groups in total. The number of nitrogens with one attached hydrogen (secondary N) is 2. The van der Waals surface area contributed by atoms with Gasteiger partial charge in [0.25, 0.3) is 5.91 Å². The summed E-state index contributed by atoms with van der Waals surface area (Å²) < 4.78 is 5.28. The van der Waals surface area contributed by atoms with Gasteiger partial charge in [0.1, 0.15) is 5.75 Å². The topological polar surface area (TPSA) is 91.2 Å². The van der Waals surface area contributed by atoms with E-state index >= 15 is 0 Å². The number of hydrogen-bond donors (Lipinski definition) is 2. The first-order valence-corrected chi connectivity index (χ1v) is 6.86. The molecule has 0 bridgehead atoms. The molecule has 0 atom stereocenters. The molecule has 1 fully saturated rings. The lowest BCUT2D eigenvalue weighted by Gasteiger charge is -2.07. The van der Waals surface area contributed by atoms with Gasteiger partial charge in [-0.3, -0.25) is 9.59 Å². The third-order valence-corrected chi connectivity index (χ3v) is 2.97. The van der Waals surface area contributed by atoms with Crippen LogP contribution in [0, 0.1) is 11.3 Å². The summed E-state index contributed by atoms with van der Waals surface area (Å²) in [6.07, 6.45) is 2.38. The zero-order valence-electron chi connectivity index (χ0n) is 11.6. The van der Waals surface area contributed by atoms with E-state index in [1.54, 1.807) is 24.3 Å². The van der Waals surface area contributed by atoms with Crippen molar-refractivity contribution in [3.8, 4) is 11.8 Å². The zero-order valence-corrected chi connectivity index (χ0v) is 11.6. The molecular weight excluding hydrogens is 270 g/mol. The van der Waals surface area contributed by atoms with Gasteiger partial charge in [0.2, 0.25) is 5.91 Å². The number of hydrogen-bond acceptors (Lipinski definition) is 4. The van der Waals surface area contributed by atoms with Crippen LogP contribution in [0.4, 0.5) is 0 Å². The van der Waals surface area contributed by atoms with Crippen molar-refractivity contribution >= 4 is 11.8 Å². The van der Waals surface area contributed by atoms with Crippen molar-refractivity contribution in [1.29, 1.82) is 5.26 Å². The number of ether oxygens (including phenoxy) is 1. The fourth-order valence-electron chi connectivity index (χ4n) is 1.67. The Morgan fingerprint density at radius 3 is 2.57 bits per heavy atom. The van der Waals surface area contributed by atoms with Crippen LogP contribution >= 0.6 is 0 Å². The van der Waals surface area contributed by atoms with E-state index in [4.69, 9.17) is 10.00 Å². The molecular formula is C15H17N3O3. The molecule has 2 rings (SSSR count). The molecule has 6 heteroatoms. The van der Waals surface area contributed by atoms with E-state index in [1.807, 2.05) is 6.07 Å². The van der Waals surface area contributed by atoms with Crippen molar-refractivity contribution in [3.05, 3.63) is 29.8 Å². The second-order valence-electron chi connectivity index (χ2n) is 4.87. The van der Waals surface area contributed by atoms with Crippen LogP contribution in [-0.4, -0.2) is 31.0 Å². The molecule has 0 saturated heterocycles. The zero-order chi connectivity index (χ0) is 15.1. The lowest BCUT2D eigenvalue weighted by atomic mass is 10.2. The van der Waals surface area contributed by atoms with E-state index in [9.17, 15) is 9.59 Å². The Morgan fingerprint density at radius 2 is 1.95 bits per heavy atom. The van der Waals surface area contributed by atoms with Gasteiger partial charge in [0.15, 0.2) is 6.61 Å². The fourth-order valence-corrected chi connectivity index (χ4v) is 1.67. The molecule has 6 nitrogen and oxygen atoms in total. The fraction of sp³-hybridized carbons (Fsp3) is 0.400. The molecule has 0 spiro atoms. The molecule has 0 aromatic heterocycles. The minimum Gasteiger partial charge on any atom is -0.484 e. The van der Waals surface area contributed by atoms with Gasteiger partial charge in [0.05, 0.1) is 11.6 Å². The molecule has 1 aliphatic carbocycles. The number of nitriles is 1. The van der Waals surface area contributed by atoms with E-state index < -0.39 is 0 Å². The summed E-state index contributed by atoms with van der Waals surface area (Å²) in [5, 5.41) is 14.1. The van der Waals surface area contributed by atoms with Gasteiger partial charge in [-0.2, -0.15) is 5.26 Å². The van der Waals surface area contributed by atoms with Gasteiger partial charge in [-0.25, -0.2) is 0 Å². The maximum atomic E-state index is 11.5. The predicted octanol–water partition coefficient (Wildman–Crippen LogP) is 0.722. The third kappa shape index (κ3) is 5.53. The number of rotatable bonds is 7. The first-order valence-electron chi connectivity index (χ1n) is 6.86. The number of amides is 2. The maximum Gasteiger partial charge on any atom is 0.257 e. The summed E-state index contributed by atoms with van der Waals surface area (Å²) >= 11 is 0. The standard InChI is InChI=1S/C15H17N3O3/c16-9-11-1-5-13(6-2-11)21-10-15(20)17-8-7-14(19)18-12-3-4-12/h1-2,5-6,12H,3-4,7-8,10H2,(H,17,20)(H,18,19). The van der Waals surface area contributed by atoms with Gasteiger partial charge in [-0.1, -0.05) is 0 Å². The minimum absolute atomic E-state index is 0.0363. The Bertz CT molecular complexity index is 544. The lowest BCUT2D eigenvalue weighted by molar-refractivity contribution is -0.123. The van der Waals surface area contributed by atoms with Crippen molar-refractivity contribution in [3.63, 3.8) is 0 Å². The second-order valence-corrected chi connectivity index (χ2v) is 4.87. The summed E-state index contributed by atoms with van der Waals surface area (Å²) in [6, 6.07) is 8.85. The van der Waals surface area contributed by atoms with Crippen LogP contribution in [0.15, 0.2) is 24.3 Å². The van der Waals surface area contributed by atoms with Crippen LogP contribution in [0.2, 0.25) is 0 Å². The first-order chi connectivity index (χ1) is 10.2. The summed E-state index contributed by atoms with van der Waals surface area (Å²) in [7, 11) is 0. The Balaban J connectivity index is 1.60. The van der Waals surface area contributed by atoms with Crippen LogP contribution in [0.1, 0.15) is 24.8 Å². The highest BCUT2D eigenvalue weighted by atomic mass is 16.5. The largest absolute Gasteiger partial charge is 0.484 e. The lowest BCUT2D eigenvalue weighted by Crippen LogP contribution is -2.34. The van der Waals surface area contributed by atoms with E-state index in [0.29, 0.717) is 23.9 Å². The van der Waals surface area contributed by atoms with Gasteiger partial charge >= 0.3 is 0 Å². The van der Waals surface area contributed by atoms with Crippen molar-refractivity contribution in [2.75, 3.05) is 13.2 Å². The average molecular weight is 287 g/mol. The van der Waals surface area contributed by atoms with Gasteiger partial charge in [-0.15, -0.1) is 0 Å². The van der Waals surface area contributed by atoms with Crippen LogP contribution in [-0.2, 0) is 9.59 Å². The Hall–Kier alpha value is -2.55. The van der Waals surface area contributed by atoms with Crippen molar-refractivity contribution in [1.82, 2.24) is 10.6 Å². The molecule has 1 aromatic rings. The maximum absolute atomic E-state index is 11.5. The van der Waals surface area contributed by atoms with Crippen molar-refractivity contribution in [2.45, 2.75) is 25.3 Å². The first kappa shape index (κ1) is 14.9. The van der Waals surface area contributed by atoms with Gasteiger partial charge in [-0.05, 0) is 37.1 Å². The predicted molar refractivity (Wildman–Crippen MR) is 75.4 cm³/mol. The smallest absolute Gasteiger partial charge is 0.257 e. The normalized spacial score (nSPS) is 13.1. The van der Waals surface area contributed by atoms with Gasteiger partial charge in [0, 0.05) is 19.0 Å².